The molecule has 2 aliphatic heterocycles. The maximum Gasteiger partial charge on any atom is 0.230 e. The molecule has 0 spiro atoms. The quantitative estimate of drug-likeness (QED) is 0.790. The summed E-state index contributed by atoms with van der Waals surface area (Å²) in [4.78, 5) is 19.0. The fourth-order valence-corrected chi connectivity index (χ4v) is 3.62. The predicted molar refractivity (Wildman–Crippen MR) is 77.8 cm³/mol. The SMILES string of the molecule is Cc1ccc2c(n1)C(C1CCOCC1)[C@H](C)C(=O)N2C. The second kappa shape index (κ2) is 5.17. The monoisotopic (exact) mass is 274 g/mol. The third-order valence-electron chi connectivity index (χ3n) is 4.75. The van der Waals surface area contributed by atoms with E-state index in [0.717, 1.165) is 43.1 Å². The Balaban J connectivity index is 2.05. The number of carbonyl (C=O) groups is 1. The zero-order valence-corrected chi connectivity index (χ0v) is 12.4. The highest BCUT2D eigenvalue weighted by molar-refractivity contribution is 5.97. The molecule has 4 nitrogen and oxygen atoms in total. The van der Waals surface area contributed by atoms with Crippen LogP contribution >= 0.6 is 0 Å². The zero-order valence-electron chi connectivity index (χ0n) is 12.4. The molecule has 1 amide bonds. The molecule has 1 aromatic heterocycles. The molecule has 3 rings (SSSR count). The van der Waals surface area contributed by atoms with Gasteiger partial charge in [0.25, 0.3) is 0 Å². The normalized spacial score (nSPS) is 27.6. The summed E-state index contributed by atoms with van der Waals surface area (Å²) in [6.07, 6.45) is 2.06. The summed E-state index contributed by atoms with van der Waals surface area (Å²) < 4.78 is 5.47. The highest BCUT2D eigenvalue weighted by Crippen LogP contribution is 2.44. The molecule has 0 saturated carbocycles. The van der Waals surface area contributed by atoms with E-state index in [0.29, 0.717) is 5.92 Å². The molecule has 1 saturated heterocycles. The maximum absolute atomic E-state index is 12.5. The van der Waals surface area contributed by atoms with Crippen molar-refractivity contribution in [1.29, 1.82) is 0 Å². The van der Waals surface area contributed by atoms with Gasteiger partial charge in [0.2, 0.25) is 5.91 Å². The molecule has 0 N–H and O–H groups in total. The first-order valence-corrected chi connectivity index (χ1v) is 7.42. The van der Waals surface area contributed by atoms with Crippen LogP contribution in [0.1, 0.15) is 37.1 Å². The molecule has 0 aliphatic carbocycles. The Kier molecular flexibility index (Phi) is 3.50. The first kappa shape index (κ1) is 13.6. The second-order valence-electron chi connectivity index (χ2n) is 6.02. The highest BCUT2D eigenvalue weighted by Gasteiger charge is 2.41. The van der Waals surface area contributed by atoms with Crippen LogP contribution in [0.3, 0.4) is 0 Å². The molecule has 2 aliphatic rings. The van der Waals surface area contributed by atoms with Crippen molar-refractivity contribution < 1.29 is 9.53 Å². The number of carbonyl (C=O) groups excluding carboxylic acids is 1. The molecular formula is C16H22N2O2. The summed E-state index contributed by atoms with van der Waals surface area (Å²) in [6.45, 7) is 5.67. The molecule has 0 radical (unpaired) electrons. The van der Waals surface area contributed by atoms with Gasteiger partial charge in [0.05, 0.1) is 11.4 Å². The lowest BCUT2D eigenvalue weighted by atomic mass is 9.73. The molecule has 0 bridgehead atoms. The smallest absolute Gasteiger partial charge is 0.230 e. The van der Waals surface area contributed by atoms with Gasteiger partial charge in [-0.25, -0.2) is 0 Å². The van der Waals surface area contributed by atoms with E-state index >= 15 is 0 Å². The summed E-state index contributed by atoms with van der Waals surface area (Å²) in [5, 5.41) is 0. The van der Waals surface area contributed by atoms with Crippen molar-refractivity contribution in [2.45, 2.75) is 32.6 Å². The zero-order chi connectivity index (χ0) is 14.3. The molecule has 4 heteroatoms. The average molecular weight is 274 g/mol. The van der Waals surface area contributed by atoms with E-state index in [9.17, 15) is 4.79 Å². The van der Waals surface area contributed by atoms with Gasteiger partial charge in [-0.1, -0.05) is 6.92 Å². The number of ether oxygens (including phenoxy) is 1. The predicted octanol–water partition coefficient (Wildman–Crippen LogP) is 2.51. The average Bonchev–Trinajstić information content (AvgIpc) is 2.46. The number of hydrogen-bond acceptors (Lipinski definition) is 3. The Bertz CT molecular complexity index is 523. The van der Waals surface area contributed by atoms with Crippen LogP contribution in [0.25, 0.3) is 0 Å². The van der Waals surface area contributed by atoms with Gasteiger partial charge in [-0.2, -0.15) is 0 Å². The number of pyridine rings is 1. The molecule has 1 aromatic rings. The molecular weight excluding hydrogens is 252 g/mol. The number of nitrogens with zero attached hydrogens (tertiary/aromatic N) is 2. The van der Waals surface area contributed by atoms with Gasteiger partial charge in [0.15, 0.2) is 0 Å². The summed E-state index contributed by atoms with van der Waals surface area (Å²) >= 11 is 0. The number of fused-ring (bicyclic) bond motifs is 1. The van der Waals surface area contributed by atoms with Gasteiger partial charge >= 0.3 is 0 Å². The van der Waals surface area contributed by atoms with E-state index < -0.39 is 0 Å². The largest absolute Gasteiger partial charge is 0.381 e. The van der Waals surface area contributed by atoms with Crippen molar-refractivity contribution in [3.63, 3.8) is 0 Å². The van der Waals surface area contributed by atoms with Gasteiger partial charge in [0, 0.05) is 37.8 Å². The van der Waals surface area contributed by atoms with Gasteiger partial charge in [-0.05, 0) is 37.8 Å². The molecule has 2 atom stereocenters. The van der Waals surface area contributed by atoms with E-state index in [1.807, 2.05) is 33.0 Å². The highest BCUT2D eigenvalue weighted by atomic mass is 16.5. The fraction of sp³-hybridized carbons (Fsp3) is 0.625. The first-order chi connectivity index (χ1) is 9.59. The third kappa shape index (κ3) is 2.12. The van der Waals surface area contributed by atoms with Gasteiger partial charge in [-0.3, -0.25) is 9.78 Å². The summed E-state index contributed by atoms with van der Waals surface area (Å²) in [5.41, 5.74) is 3.11. The number of rotatable bonds is 1. The van der Waals surface area contributed by atoms with Crippen molar-refractivity contribution in [1.82, 2.24) is 4.98 Å². The van der Waals surface area contributed by atoms with Gasteiger partial charge in [-0.15, -0.1) is 0 Å². The van der Waals surface area contributed by atoms with E-state index in [1.54, 1.807) is 4.90 Å². The van der Waals surface area contributed by atoms with E-state index in [1.165, 1.54) is 0 Å². The van der Waals surface area contributed by atoms with E-state index in [2.05, 4.69) is 0 Å². The topological polar surface area (TPSA) is 42.4 Å². The fourth-order valence-electron chi connectivity index (χ4n) is 3.62. The van der Waals surface area contributed by atoms with Crippen LogP contribution in [-0.2, 0) is 9.53 Å². The van der Waals surface area contributed by atoms with Crippen molar-refractivity contribution in [2.75, 3.05) is 25.2 Å². The van der Waals surface area contributed by atoms with E-state index in [4.69, 9.17) is 9.72 Å². The van der Waals surface area contributed by atoms with Crippen LogP contribution in [0.4, 0.5) is 5.69 Å². The van der Waals surface area contributed by atoms with Crippen LogP contribution in [0.2, 0.25) is 0 Å². The number of hydrogen-bond donors (Lipinski definition) is 0. The maximum atomic E-state index is 12.5. The van der Waals surface area contributed by atoms with E-state index in [-0.39, 0.29) is 17.7 Å². The minimum absolute atomic E-state index is 0.00454. The van der Waals surface area contributed by atoms with Gasteiger partial charge < -0.3 is 9.64 Å². The van der Waals surface area contributed by atoms with Crippen LogP contribution < -0.4 is 4.90 Å². The molecule has 108 valence electrons. The number of amides is 1. The summed E-state index contributed by atoms with van der Waals surface area (Å²) in [7, 11) is 1.86. The standard InChI is InChI=1S/C16H22N2O2/c1-10-4-5-13-15(17-10)14(11(2)16(19)18(13)3)12-6-8-20-9-7-12/h4-5,11-12,14H,6-9H2,1-3H3/t11-,14?/m0/s1. The van der Waals surface area contributed by atoms with Crippen LogP contribution in [-0.4, -0.2) is 31.2 Å². The molecule has 1 unspecified atom stereocenters. The molecule has 0 aromatic carbocycles. The molecule has 1 fully saturated rings. The Morgan fingerprint density at radius 3 is 2.70 bits per heavy atom. The summed E-state index contributed by atoms with van der Waals surface area (Å²) in [5.74, 6) is 0.950. The van der Waals surface area contributed by atoms with Crippen LogP contribution in [0.15, 0.2) is 12.1 Å². The second-order valence-corrected chi connectivity index (χ2v) is 6.02. The number of aromatic nitrogens is 1. The Hall–Kier alpha value is -1.42. The Morgan fingerprint density at radius 1 is 1.30 bits per heavy atom. The minimum atomic E-state index is 0.00454. The minimum Gasteiger partial charge on any atom is -0.381 e. The number of aryl methyl sites for hydroxylation is 1. The lowest BCUT2D eigenvalue weighted by Gasteiger charge is -2.40. The Labute approximate surface area is 120 Å². The van der Waals surface area contributed by atoms with Crippen LogP contribution in [0, 0.1) is 18.8 Å². The van der Waals surface area contributed by atoms with Crippen molar-refractivity contribution in [2.24, 2.45) is 11.8 Å². The van der Waals surface area contributed by atoms with Crippen LogP contribution in [0.5, 0.6) is 0 Å². The third-order valence-corrected chi connectivity index (χ3v) is 4.75. The molecule has 20 heavy (non-hydrogen) atoms. The molecule has 3 heterocycles. The lowest BCUT2D eigenvalue weighted by Crippen LogP contribution is -2.43. The Morgan fingerprint density at radius 2 is 2.00 bits per heavy atom. The summed E-state index contributed by atoms with van der Waals surface area (Å²) in [6, 6.07) is 4.02. The van der Waals surface area contributed by atoms with Gasteiger partial charge in [0.1, 0.15) is 0 Å². The number of anilines is 1. The first-order valence-electron chi connectivity index (χ1n) is 7.42. The van der Waals surface area contributed by atoms with Crippen molar-refractivity contribution >= 4 is 11.6 Å². The van der Waals surface area contributed by atoms with Crippen molar-refractivity contribution in [3.8, 4) is 0 Å². The van der Waals surface area contributed by atoms with Crippen molar-refractivity contribution in [3.05, 3.63) is 23.5 Å². The lowest BCUT2D eigenvalue weighted by molar-refractivity contribution is -0.123.